The van der Waals surface area contributed by atoms with Gasteiger partial charge in [0.05, 0.1) is 11.9 Å². The van der Waals surface area contributed by atoms with Crippen LogP contribution in [0.1, 0.15) is 12.5 Å². The number of hydrogen-bond donors (Lipinski definition) is 0. The lowest BCUT2D eigenvalue weighted by Gasteiger charge is -2.07. The summed E-state index contributed by atoms with van der Waals surface area (Å²) >= 11 is 6.15. The predicted octanol–water partition coefficient (Wildman–Crippen LogP) is 3.15. The van der Waals surface area contributed by atoms with E-state index >= 15 is 0 Å². The van der Waals surface area contributed by atoms with Crippen LogP contribution in [0.25, 0.3) is 22.8 Å². The van der Waals surface area contributed by atoms with Gasteiger partial charge < -0.3 is 0 Å². The van der Waals surface area contributed by atoms with Crippen molar-refractivity contribution in [2.75, 3.05) is 0 Å². The van der Waals surface area contributed by atoms with Crippen LogP contribution in [0.3, 0.4) is 0 Å². The third kappa shape index (κ3) is 2.78. The Hall–Kier alpha value is -2.27. The Labute approximate surface area is 127 Å². The van der Waals surface area contributed by atoms with E-state index in [2.05, 4.69) is 27.0 Å². The van der Waals surface area contributed by atoms with E-state index in [4.69, 9.17) is 11.6 Å². The van der Waals surface area contributed by atoms with Crippen molar-refractivity contribution in [2.45, 2.75) is 13.3 Å². The standard InChI is InChI=1S/C15H14ClN5/c1-3-10-5-4-6-17-14(10)15-19-12(7-13(16)20-15)11-8-18-21(2)9-11/h4-9H,3H2,1-2H3. The highest BCUT2D eigenvalue weighted by molar-refractivity contribution is 6.29. The SMILES string of the molecule is CCc1cccnc1-c1nc(Cl)cc(-c2cnn(C)c2)n1. The van der Waals surface area contributed by atoms with E-state index in [1.165, 1.54) is 0 Å². The molecule has 5 nitrogen and oxygen atoms in total. The molecule has 0 aliphatic rings. The van der Waals surface area contributed by atoms with Crippen molar-refractivity contribution >= 4 is 11.6 Å². The monoisotopic (exact) mass is 299 g/mol. The number of aromatic nitrogens is 5. The molecule has 3 heterocycles. The van der Waals surface area contributed by atoms with E-state index in [9.17, 15) is 0 Å². The fourth-order valence-electron chi connectivity index (χ4n) is 2.15. The first-order chi connectivity index (χ1) is 10.2. The van der Waals surface area contributed by atoms with Crippen LogP contribution in [0.2, 0.25) is 5.15 Å². The molecule has 6 heteroatoms. The number of halogens is 1. The summed E-state index contributed by atoms with van der Waals surface area (Å²) in [7, 11) is 1.86. The first-order valence-corrected chi connectivity index (χ1v) is 7.03. The van der Waals surface area contributed by atoms with Crippen LogP contribution in [-0.2, 0) is 13.5 Å². The lowest BCUT2D eigenvalue weighted by molar-refractivity contribution is 0.768. The fraction of sp³-hybridized carbons (Fsp3) is 0.200. The van der Waals surface area contributed by atoms with Gasteiger partial charge in [0.15, 0.2) is 5.82 Å². The zero-order valence-electron chi connectivity index (χ0n) is 11.8. The Morgan fingerprint density at radius 1 is 1.29 bits per heavy atom. The lowest BCUT2D eigenvalue weighted by Crippen LogP contribution is -1.98. The van der Waals surface area contributed by atoms with Gasteiger partial charge in [-0.1, -0.05) is 24.6 Å². The molecule has 3 aromatic rings. The number of pyridine rings is 1. The third-order valence-electron chi connectivity index (χ3n) is 3.18. The van der Waals surface area contributed by atoms with Crippen LogP contribution in [-0.4, -0.2) is 24.7 Å². The molecular formula is C15H14ClN5. The molecule has 3 rings (SSSR count). The van der Waals surface area contributed by atoms with E-state index < -0.39 is 0 Å². The van der Waals surface area contributed by atoms with Crippen molar-refractivity contribution in [3.8, 4) is 22.8 Å². The summed E-state index contributed by atoms with van der Waals surface area (Å²) in [5.74, 6) is 0.541. The van der Waals surface area contributed by atoms with Crippen LogP contribution in [0, 0.1) is 0 Å². The Bertz CT molecular complexity index is 781. The Balaban J connectivity index is 2.14. The Morgan fingerprint density at radius 3 is 2.86 bits per heavy atom. The van der Waals surface area contributed by atoms with Crippen LogP contribution in [0.4, 0.5) is 0 Å². The van der Waals surface area contributed by atoms with Crippen LogP contribution in [0.5, 0.6) is 0 Å². The van der Waals surface area contributed by atoms with Crippen LogP contribution in [0.15, 0.2) is 36.8 Å². The summed E-state index contributed by atoms with van der Waals surface area (Å²) in [4.78, 5) is 13.3. The van der Waals surface area contributed by atoms with Gasteiger partial charge in [-0.3, -0.25) is 9.67 Å². The van der Waals surface area contributed by atoms with Crippen LogP contribution >= 0.6 is 11.6 Å². The van der Waals surface area contributed by atoms with E-state index in [1.807, 2.05) is 25.4 Å². The second-order valence-electron chi connectivity index (χ2n) is 4.67. The molecule has 0 spiro atoms. The average molecular weight is 300 g/mol. The summed E-state index contributed by atoms with van der Waals surface area (Å²) in [5.41, 5.74) is 3.51. The fourth-order valence-corrected chi connectivity index (χ4v) is 2.33. The largest absolute Gasteiger partial charge is 0.275 e. The van der Waals surface area contributed by atoms with E-state index in [-0.39, 0.29) is 0 Å². The zero-order valence-corrected chi connectivity index (χ0v) is 12.5. The van der Waals surface area contributed by atoms with E-state index in [1.54, 1.807) is 23.1 Å². The molecule has 0 aliphatic heterocycles. The van der Waals surface area contributed by atoms with Gasteiger partial charge in [-0.15, -0.1) is 0 Å². The molecule has 0 saturated carbocycles. The van der Waals surface area contributed by atoms with Gasteiger partial charge in [0.2, 0.25) is 0 Å². The van der Waals surface area contributed by atoms with Gasteiger partial charge in [-0.2, -0.15) is 5.10 Å². The summed E-state index contributed by atoms with van der Waals surface area (Å²) in [6, 6.07) is 5.67. The first kappa shape index (κ1) is 13.7. The molecule has 0 aliphatic carbocycles. The second kappa shape index (κ2) is 5.61. The molecule has 0 N–H and O–H groups in total. The second-order valence-corrected chi connectivity index (χ2v) is 5.05. The molecule has 0 bridgehead atoms. The topological polar surface area (TPSA) is 56.5 Å². The molecule has 106 valence electrons. The Kier molecular flexibility index (Phi) is 3.66. The Morgan fingerprint density at radius 2 is 2.14 bits per heavy atom. The van der Waals surface area contributed by atoms with Gasteiger partial charge in [0.1, 0.15) is 10.8 Å². The van der Waals surface area contributed by atoms with Crippen LogP contribution < -0.4 is 0 Å². The van der Waals surface area contributed by atoms with Gasteiger partial charge in [-0.05, 0) is 18.1 Å². The van der Waals surface area contributed by atoms with Crippen molar-refractivity contribution in [1.29, 1.82) is 0 Å². The van der Waals surface area contributed by atoms with Gasteiger partial charge in [-0.25, -0.2) is 9.97 Å². The highest BCUT2D eigenvalue weighted by Crippen LogP contribution is 2.24. The third-order valence-corrected chi connectivity index (χ3v) is 3.37. The molecule has 0 aromatic carbocycles. The molecule has 3 aromatic heterocycles. The minimum Gasteiger partial charge on any atom is -0.275 e. The normalized spacial score (nSPS) is 10.8. The number of nitrogens with zero attached hydrogens (tertiary/aromatic N) is 5. The first-order valence-electron chi connectivity index (χ1n) is 6.65. The molecular weight excluding hydrogens is 286 g/mol. The maximum absolute atomic E-state index is 6.15. The van der Waals surface area contributed by atoms with E-state index in [0.29, 0.717) is 11.0 Å². The summed E-state index contributed by atoms with van der Waals surface area (Å²) in [5, 5.41) is 4.55. The van der Waals surface area contributed by atoms with Gasteiger partial charge in [0, 0.05) is 31.1 Å². The summed E-state index contributed by atoms with van der Waals surface area (Å²) in [6.07, 6.45) is 6.24. The minimum atomic E-state index is 0.395. The van der Waals surface area contributed by atoms with Gasteiger partial charge >= 0.3 is 0 Å². The maximum Gasteiger partial charge on any atom is 0.180 e. The van der Waals surface area contributed by atoms with Crippen molar-refractivity contribution in [2.24, 2.45) is 7.05 Å². The van der Waals surface area contributed by atoms with E-state index in [0.717, 1.165) is 28.9 Å². The lowest BCUT2D eigenvalue weighted by atomic mass is 10.1. The zero-order chi connectivity index (χ0) is 14.8. The number of hydrogen-bond acceptors (Lipinski definition) is 4. The van der Waals surface area contributed by atoms with Crippen molar-refractivity contribution < 1.29 is 0 Å². The molecule has 21 heavy (non-hydrogen) atoms. The number of aryl methyl sites for hydroxylation is 2. The quantitative estimate of drug-likeness (QED) is 0.697. The van der Waals surface area contributed by atoms with Crippen molar-refractivity contribution in [3.63, 3.8) is 0 Å². The molecule has 0 radical (unpaired) electrons. The highest BCUT2D eigenvalue weighted by atomic mass is 35.5. The summed E-state index contributed by atoms with van der Waals surface area (Å²) in [6.45, 7) is 2.08. The molecule has 0 saturated heterocycles. The van der Waals surface area contributed by atoms with Crippen molar-refractivity contribution in [1.82, 2.24) is 24.7 Å². The summed E-state index contributed by atoms with van der Waals surface area (Å²) < 4.78 is 1.73. The van der Waals surface area contributed by atoms with Crippen molar-refractivity contribution in [3.05, 3.63) is 47.5 Å². The predicted molar refractivity (Wildman–Crippen MR) is 81.9 cm³/mol. The highest BCUT2D eigenvalue weighted by Gasteiger charge is 2.12. The molecule has 0 amide bonds. The molecule has 0 fully saturated rings. The number of rotatable bonds is 3. The molecule has 0 atom stereocenters. The average Bonchev–Trinajstić information content (AvgIpc) is 2.93. The maximum atomic E-state index is 6.15. The molecule has 0 unspecified atom stereocenters. The van der Waals surface area contributed by atoms with Gasteiger partial charge in [0.25, 0.3) is 0 Å². The smallest absolute Gasteiger partial charge is 0.180 e. The minimum absolute atomic E-state index is 0.395.